The summed E-state index contributed by atoms with van der Waals surface area (Å²) in [6.45, 7) is 2.87. The molecule has 7 rings (SSSR count). The lowest BCUT2D eigenvalue weighted by atomic mass is 9.59. The third-order valence-corrected chi connectivity index (χ3v) is 10.2. The second-order valence-corrected chi connectivity index (χ2v) is 13.0. The van der Waals surface area contributed by atoms with Crippen LogP contribution in [0.4, 0.5) is 11.4 Å². The Kier molecular flexibility index (Phi) is 6.83. The van der Waals surface area contributed by atoms with Crippen molar-refractivity contribution in [2.75, 3.05) is 36.1 Å². The number of fused-ring (bicyclic) bond motifs is 3. The van der Waals surface area contributed by atoms with Gasteiger partial charge in [0.1, 0.15) is 5.75 Å². The fourth-order valence-corrected chi connectivity index (χ4v) is 8.03. The molecule has 2 fully saturated rings. The Labute approximate surface area is 258 Å². The van der Waals surface area contributed by atoms with Crippen molar-refractivity contribution >= 4 is 66.6 Å². The van der Waals surface area contributed by atoms with Gasteiger partial charge in [-0.2, -0.15) is 0 Å². The molecule has 2 aromatic carbocycles. The summed E-state index contributed by atoms with van der Waals surface area (Å²) in [4.78, 5) is 58.2. The standard InChI is InChI=1S/C32H26Br2N2O6/c33-16-1-8-25(37)22(13-16)27-19-6-7-20-28(21(19)14-23-29(27)26(38)15-24(34)30(23)39)32(41)36(31(20)40)18-4-2-17(3-5-18)35-9-11-42-12-10-35/h1-6,8,13,15,20-21,27-28,37H,7,9-12,14H2. The third kappa shape index (κ3) is 4.26. The number of benzene rings is 2. The molecule has 0 spiro atoms. The highest BCUT2D eigenvalue weighted by Gasteiger charge is 2.57. The third-order valence-electron chi connectivity index (χ3n) is 9.12. The molecular formula is C32H26Br2N2O6. The lowest BCUT2D eigenvalue weighted by Gasteiger charge is -2.42. The highest BCUT2D eigenvalue weighted by atomic mass is 79.9. The fraction of sp³-hybridized carbons (Fsp3) is 0.312. The van der Waals surface area contributed by atoms with Gasteiger partial charge in [0, 0.05) is 52.0 Å². The zero-order valence-electron chi connectivity index (χ0n) is 22.4. The Bertz CT molecular complexity index is 1650. The number of halogens is 2. The second-order valence-electron chi connectivity index (χ2n) is 11.2. The van der Waals surface area contributed by atoms with Crippen molar-refractivity contribution in [1.82, 2.24) is 0 Å². The smallest absolute Gasteiger partial charge is 0.238 e. The van der Waals surface area contributed by atoms with Crippen molar-refractivity contribution in [3.63, 3.8) is 0 Å². The molecule has 0 bridgehead atoms. The molecule has 0 aromatic heterocycles. The maximum atomic E-state index is 14.1. The summed E-state index contributed by atoms with van der Waals surface area (Å²) in [6, 6.07) is 12.5. The van der Waals surface area contributed by atoms with Crippen LogP contribution in [0.1, 0.15) is 24.3 Å². The van der Waals surface area contributed by atoms with E-state index >= 15 is 0 Å². The molecule has 8 nitrogen and oxygen atoms in total. The van der Waals surface area contributed by atoms with E-state index in [2.05, 4.69) is 36.8 Å². The molecule has 4 unspecified atom stereocenters. The van der Waals surface area contributed by atoms with Gasteiger partial charge in [0.2, 0.25) is 11.8 Å². The Morgan fingerprint density at radius 1 is 0.881 bits per heavy atom. The molecule has 2 aromatic rings. The van der Waals surface area contributed by atoms with Crippen LogP contribution in [0.15, 0.2) is 80.3 Å². The van der Waals surface area contributed by atoms with Crippen molar-refractivity contribution in [3.8, 4) is 5.75 Å². The van der Waals surface area contributed by atoms with Crippen molar-refractivity contribution in [2.45, 2.75) is 18.8 Å². The molecule has 2 heterocycles. The first-order valence-corrected chi connectivity index (χ1v) is 15.5. The zero-order chi connectivity index (χ0) is 29.3. The minimum atomic E-state index is -0.713. The predicted molar refractivity (Wildman–Crippen MR) is 162 cm³/mol. The molecule has 3 aliphatic carbocycles. The van der Waals surface area contributed by atoms with Crippen LogP contribution in [0.2, 0.25) is 0 Å². The van der Waals surface area contributed by atoms with Gasteiger partial charge in [-0.05, 0) is 77.2 Å². The van der Waals surface area contributed by atoms with Gasteiger partial charge in [-0.3, -0.25) is 24.1 Å². The van der Waals surface area contributed by atoms with E-state index in [4.69, 9.17) is 4.74 Å². The van der Waals surface area contributed by atoms with Gasteiger partial charge in [0.05, 0.1) is 35.2 Å². The number of nitrogens with zero attached hydrogens (tertiary/aromatic N) is 2. The summed E-state index contributed by atoms with van der Waals surface area (Å²) >= 11 is 6.71. The summed E-state index contributed by atoms with van der Waals surface area (Å²) in [5, 5.41) is 10.9. The van der Waals surface area contributed by atoms with Crippen LogP contribution in [0.25, 0.3) is 0 Å². The Hall–Kier alpha value is -3.34. The molecule has 42 heavy (non-hydrogen) atoms. The highest BCUT2D eigenvalue weighted by molar-refractivity contribution is 9.12. The SMILES string of the molecule is O=C1C=C(Br)C(=O)C2=C1C(c1cc(Br)ccc1O)C1=CCC3C(=O)N(c4ccc(N5CCOCC5)cc4)C(=O)C3C1C2. The van der Waals surface area contributed by atoms with E-state index in [1.165, 1.54) is 11.0 Å². The number of amides is 2. The van der Waals surface area contributed by atoms with E-state index in [1.807, 2.05) is 18.2 Å². The molecule has 4 atom stereocenters. The van der Waals surface area contributed by atoms with Gasteiger partial charge in [-0.25, -0.2) is 0 Å². The van der Waals surface area contributed by atoms with E-state index in [9.17, 15) is 24.3 Å². The van der Waals surface area contributed by atoms with Crippen molar-refractivity contribution in [3.05, 3.63) is 85.9 Å². The van der Waals surface area contributed by atoms with Crippen LogP contribution >= 0.6 is 31.9 Å². The largest absolute Gasteiger partial charge is 0.508 e. The number of ketones is 2. The van der Waals surface area contributed by atoms with Gasteiger partial charge in [-0.15, -0.1) is 0 Å². The molecule has 0 saturated carbocycles. The molecule has 214 valence electrons. The minimum absolute atomic E-state index is 0.0107. The minimum Gasteiger partial charge on any atom is -0.508 e. The first-order valence-electron chi connectivity index (χ1n) is 13.9. The number of hydrogen-bond acceptors (Lipinski definition) is 7. The van der Waals surface area contributed by atoms with E-state index < -0.39 is 23.7 Å². The first-order chi connectivity index (χ1) is 20.2. The maximum Gasteiger partial charge on any atom is 0.238 e. The number of phenols is 1. The number of carbonyl (C=O) groups is 4. The number of anilines is 2. The molecule has 2 saturated heterocycles. The number of aromatic hydroxyl groups is 1. The Morgan fingerprint density at radius 2 is 1.60 bits per heavy atom. The van der Waals surface area contributed by atoms with Crippen molar-refractivity contribution in [2.24, 2.45) is 17.8 Å². The number of Topliss-reactive ketones (excluding diaryl/α,β-unsaturated/α-hetero) is 1. The number of carbonyl (C=O) groups excluding carboxylic acids is 4. The topological polar surface area (TPSA) is 104 Å². The normalized spacial score (nSPS) is 27.5. The monoisotopic (exact) mass is 692 g/mol. The summed E-state index contributed by atoms with van der Waals surface area (Å²) < 4.78 is 6.32. The van der Waals surface area contributed by atoms with Crippen LogP contribution in [0, 0.1) is 17.8 Å². The molecule has 0 radical (unpaired) electrons. The van der Waals surface area contributed by atoms with Gasteiger partial charge in [0.15, 0.2) is 11.6 Å². The quantitative estimate of drug-likeness (QED) is 0.276. The molecule has 1 N–H and O–H groups in total. The average Bonchev–Trinajstić information content (AvgIpc) is 3.26. The zero-order valence-corrected chi connectivity index (χ0v) is 25.6. The van der Waals surface area contributed by atoms with E-state index in [-0.39, 0.29) is 40.0 Å². The number of imide groups is 1. The summed E-state index contributed by atoms with van der Waals surface area (Å²) in [5.74, 6) is -3.63. The Balaban J connectivity index is 1.28. The molecule has 5 aliphatic rings. The van der Waals surface area contributed by atoms with Crippen LogP contribution in [-0.4, -0.2) is 54.8 Å². The van der Waals surface area contributed by atoms with Gasteiger partial charge < -0.3 is 14.7 Å². The number of phenolic OH excluding ortho intramolecular Hbond substituents is 1. The van der Waals surface area contributed by atoms with Gasteiger partial charge >= 0.3 is 0 Å². The van der Waals surface area contributed by atoms with Crippen LogP contribution in [0.3, 0.4) is 0 Å². The lowest BCUT2D eigenvalue weighted by Crippen LogP contribution is -2.39. The highest BCUT2D eigenvalue weighted by Crippen LogP contribution is 2.56. The molecular weight excluding hydrogens is 668 g/mol. The fourth-order valence-electron chi connectivity index (χ4n) is 7.21. The van der Waals surface area contributed by atoms with Gasteiger partial charge in [0.25, 0.3) is 0 Å². The van der Waals surface area contributed by atoms with E-state index in [0.29, 0.717) is 46.5 Å². The van der Waals surface area contributed by atoms with Crippen LogP contribution in [-0.2, 0) is 23.9 Å². The lowest BCUT2D eigenvalue weighted by molar-refractivity contribution is -0.123. The number of ether oxygens (including phenoxy) is 1. The van der Waals surface area contributed by atoms with Crippen LogP contribution in [0.5, 0.6) is 5.75 Å². The maximum absolute atomic E-state index is 14.1. The summed E-state index contributed by atoms with van der Waals surface area (Å²) in [7, 11) is 0. The number of hydrogen-bond donors (Lipinski definition) is 1. The van der Waals surface area contributed by atoms with Crippen molar-refractivity contribution in [1.29, 1.82) is 0 Å². The van der Waals surface area contributed by atoms with E-state index in [1.54, 1.807) is 30.3 Å². The Morgan fingerprint density at radius 3 is 2.33 bits per heavy atom. The molecule has 2 amide bonds. The second kappa shape index (κ2) is 10.4. The summed E-state index contributed by atoms with van der Waals surface area (Å²) in [5.41, 5.74) is 3.45. The number of rotatable bonds is 3. The first kappa shape index (κ1) is 27.5. The number of allylic oxidation sites excluding steroid dienone is 6. The number of morpholine rings is 1. The van der Waals surface area contributed by atoms with Crippen molar-refractivity contribution < 1.29 is 29.0 Å². The van der Waals surface area contributed by atoms with Crippen LogP contribution < -0.4 is 9.80 Å². The van der Waals surface area contributed by atoms with Gasteiger partial charge in [-0.1, -0.05) is 27.6 Å². The molecule has 2 aliphatic heterocycles. The summed E-state index contributed by atoms with van der Waals surface area (Å²) in [6.07, 6.45) is 3.73. The molecule has 10 heteroatoms. The predicted octanol–water partition coefficient (Wildman–Crippen LogP) is 4.96. The van der Waals surface area contributed by atoms with E-state index in [0.717, 1.165) is 24.4 Å². The average molecular weight is 694 g/mol.